The lowest BCUT2D eigenvalue weighted by Gasteiger charge is -2.03. The monoisotopic (exact) mass is 329 g/mol. The molecule has 3 aromatic rings. The van der Waals surface area contributed by atoms with Gasteiger partial charge in [-0.2, -0.15) is 0 Å². The third-order valence-electron chi connectivity index (χ3n) is 3.91. The van der Waals surface area contributed by atoms with Crippen molar-refractivity contribution in [2.45, 2.75) is 31.0 Å². The standard InChI is InChI=1S/C16H15N3OS2/c1-10-12-4-2-3-5-14(12)22-15(10)13(20)8-21-16-18-17-9-19(16)11-6-7-11/h2-5,9,11H,6-8H2,1H3. The van der Waals surface area contributed by atoms with E-state index in [1.807, 2.05) is 19.1 Å². The average molecular weight is 329 g/mol. The molecular weight excluding hydrogens is 314 g/mol. The van der Waals surface area contributed by atoms with Gasteiger partial charge in [-0.25, -0.2) is 0 Å². The Morgan fingerprint density at radius 1 is 1.41 bits per heavy atom. The molecule has 0 aliphatic heterocycles. The zero-order valence-corrected chi connectivity index (χ0v) is 13.8. The van der Waals surface area contributed by atoms with Crippen molar-refractivity contribution in [2.24, 2.45) is 0 Å². The predicted molar refractivity (Wildman–Crippen MR) is 89.9 cm³/mol. The normalized spacial score (nSPS) is 14.6. The van der Waals surface area contributed by atoms with Crippen molar-refractivity contribution in [3.8, 4) is 0 Å². The molecule has 0 radical (unpaired) electrons. The van der Waals surface area contributed by atoms with Gasteiger partial charge in [0.1, 0.15) is 6.33 Å². The number of hydrogen-bond donors (Lipinski definition) is 0. The molecule has 2 aromatic heterocycles. The molecule has 1 fully saturated rings. The van der Waals surface area contributed by atoms with Crippen LogP contribution in [-0.4, -0.2) is 26.3 Å². The minimum Gasteiger partial charge on any atom is -0.306 e. The SMILES string of the molecule is Cc1c(C(=O)CSc2nncn2C2CC2)sc2ccccc12. The number of aryl methyl sites for hydroxylation is 1. The second-order valence-electron chi connectivity index (χ2n) is 5.52. The fourth-order valence-corrected chi connectivity index (χ4v) is 4.67. The number of carbonyl (C=O) groups excluding carboxylic acids is 1. The summed E-state index contributed by atoms with van der Waals surface area (Å²) in [4.78, 5) is 13.4. The highest BCUT2D eigenvalue weighted by Crippen LogP contribution is 2.37. The summed E-state index contributed by atoms with van der Waals surface area (Å²) in [7, 11) is 0. The summed E-state index contributed by atoms with van der Waals surface area (Å²) >= 11 is 3.08. The number of hydrogen-bond acceptors (Lipinski definition) is 5. The van der Waals surface area contributed by atoms with Crippen molar-refractivity contribution >= 4 is 39.0 Å². The molecule has 112 valence electrons. The summed E-state index contributed by atoms with van der Waals surface area (Å²) in [5.41, 5.74) is 1.09. The number of thioether (sulfide) groups is 1. The highest BCUT2D eigenvalue weighted by atomic mass is 32.2. The zero-order chi connectivity index (χ0) is 15.1. The second kappa shape index (κ2) is 5.52. The van der Waals surface area contributed by atoms with Crippen LogP contribution in [0.2, 0.25) is 0 Å². The zero-order valence-electron chi connectivity index (χ0n) is 12.2. The molecule has 0 amide bonds. The molecule has 4 nitrogen and oxygen atoms in total. The molecule has 1 saturated carbocycles. The lowest BCUT2D eigenvalue weighted by molar-refractivity contribution is 0.102. The van der Waals surface area contributed by atoms with Gasteiger partial charge in [-0.05, 0) is 36.8 Å². The van der Waals surface area contributed by atoms with Gasteiger partial charge in [0.05, 0.1) is 10.6 Å². The lowest BCUT2D eigenvalue weighted by Crippen LogP contribution is -2.03. The van der Waals surface area contributed by atoms with E-state index in [0.717, 1.165) is 15.6 Å². The van der Waals surface area contributed by atoms with E-state index in [-0.39, 0.29) is 5.78 Å². The molecular formula is C16H15N3OS2. The van der Waals surface area contributed by atoms with Gasteiger partial charge >= 0.3 is 0 Å². The Bertz CT molecular complexity index is 848. The summed E-state index contributed by atoms with van der Waals surface area (Å²) in [6.45, 7) is 2.03. The van der Waals surface area contributed by atoms with Crippen LogP contribution in [0.3, 0.4) is 0 Å². The number of Topliss-reactive ketones (excluding diaryl/α,β-unsaturated/α-hetero) is 1. The summed E-state index contributed by atoms with van der Waals surface area (Å²) in [6, 6.07) is 8.72. The number of thiophene rings is 1. The maximum Gasteiger partial charge on any atom is 0.191 e. The van der Waals surface area contributed by atoms with Crippen LogP contribution >= 0.6 is 23.1 Å². The Labute approximate surface area is 136 Å². The third kappa shape index (κ3) is 2.46. The smallest absolute Gasteiger partial charge is 0.191 e. The first-order chi connectivity index (χ1) is 10.7. The van der Waals surface area contributed by atoms with Crippen LogP contribution in [0.4, 0.5) is 0 Å². The Balaban J connectivity index is 1.53. The summed E-state index contributed by atoms with van der Waals surface area (Å²) in [6.07, 6.45) is 4.15. The van der Waals surface area contributed by atoms with Crippen molar-refractivity contribution < 1.29 is 4.79 Å². The van der Waals surface area contributed by atoms with Gasteiger partial charge in [-0.1, -0.05) is 30.0 Å². The topological polar surface area (TPSA) is 47.8 Å². The van der Waals surface area contributed by atoms with Gasteiger partial charge in [-0.15, -0.1) is 21.5 Å². The van der Waals surface area contributed by atoms with Gasteiger partial charge in [0.25, 0.3) is 0 Å². The van der Waals surface area contributed by atoms with E-state index in [0.29, 0.717) is 11.8 Å². The predicted octanol–water partition coefficient (Wildman–Crippen LogP) is 4.11. The molecule has 0 atom stereocenters. The number of benzene rings is 1. The van der Waals surface area contributed by atoms with Crippen molar-refractivity contribution in [3.63, 3.8) is 0 Å². The van der Waals surface area contributed by atoms with Crippen LogP contribution in [0.1, 0.15) is 34.1 Å². The number of nitrogens with zero attached hydrogens (tertiary/aromatic N) is 3. The molecule has 0 saturated heterocycles. The van der Waals surface area contributed by atoms with Crippen molar-refractivity contribution in [3.05, 3.63) is 41.0 Å². The molecule has 22 heavy (non-hydrogen) atoms. The molecule has 1 aliphatic carbocycles. The minimum absolute atomic E-state index is 0.175. The van der Waals surface area contributed by atoms with Gasteiger partial charge in [0.2, 0.25) is 0 Å². The lowest BCUT2D eigenvalue weighted by atomic mass is 10.1. The van der Waals surface area contributed by atoms with Crippen molar-refractivity contribution in [2.75, 3.05) is 5.75 Å². The number of ketones is 1. The molecule has 2 heterocycles. The van der Waals surface area contributed by atoms with E-state index in [1.165, 1.54) is 34.7 Å². The van der Waals surface area contributed by atoms with Crippen molar-refractivity contribution in [1.29, 1.82) is 0 Å². The van der Waals surface area contributed by atoms with E-state index in [9.17, 15) is 4.79 Å². The summed E-state index contributed by atoms with van der Waals surface area (Å²) in [5.74, 6) is 0.591. The third-order valence-corrected chi connectivity index (χ3v) is 6.18. The second-order valence-corrected chi connectivity index (χ2v) is 7.51. The van der Waals surface area contributed by atoms with E-state index in [2.05, 4.69) is 26.9 Å². The van der Waals surface area contributed by atoms with Crippen molar-refractivity contribution in [1.82, 2.24) is 14.8 Å². The highest BCUT2D eigenvalue weighted by Gasteiger charge is 2.26. The van der Waals surface area contributed by atoms with E-state index in [1.54, 1.807) is 17.7 Å². The number of carbonyl (C=O) groups is 1. The average Bonchev–Trinajstić information content (AvgIpc) is 3.18. The highest BCUT2D eigenvalue weighted by molar-refractivity contribution is 7.99. The molecule has 0 spiro atoms. The Kier molecular flexibility index (Phi) is 3.50. The van der Waals surface area contributed by atoms with Gasteiger partial charge in [0, 0.05) is 10.7 Å². The largest absolute Gasteiger partial charge is 0.306 e. The fourth-order valence-electron chi connectivity index (χ4n) is 2.57. The van der Waals surface area contributed by atoms with Crippen LogP contribution in [-0.2, 0) is 0 Å². The van der Waals surface area contributed by atoms with Crippen LogP contribution in [0.5, 0.6) is 0 Å². The quantitative estimate of drug-likeness (QED) is 0.522. The maximum absolute atomic E-state index is 12.6. The van der Waals surface area contributed by atoms with Crippen LogP contribution < -0.4 is 0 Å². The van der Waals surface area contributed by atoms with E-state index < -0.39 is 0 Å². The first kappa shape index (κ1) is 14.0. The number of rotatable bonds is 5. The van der Waals surface area contributed by atoms with Gasteiger partial charge in [-0.3, -0.25) is 4.79 Å². The Hall–Kier alpha value is -1.66. The van der Waals surface area contributed by atoms with E-state index >= 15 is 0 Å². The molecule has 0 N–H and O–H groups in total. The van der Waals surface area contributed by atoms with Gasteiger partial charge in [0.15, 0.2) is 10.9 Å². The molecule has 1 aliphatic rings. The number of aromatic nitrogens is 3. The number of fused-ring (bicyclic) bond motifs is 1. The maximum atomic E-state index is 12.6. The Morgan fingerprint density at radius 3 is 3.00 bits per heavy atom. The van der Waals surface area contributed by atoms with Crippen LogP contribution in [0.15, 0.2) is 35.7 Å². The van der Waals surface area contributed by atoms with E-state index in [4.69, 9.17) is 0 Å². The molecule has 1 aromatic carbocycles. The molecule has 0 bridgehead atoms. The first-order valence-electron chi connectivity index (χ1n) is 7.27. The minimum atomic E-state index is 0.175. The summed E-state index contributed by atoms with van der Waals surface area (Å²) in [5, 5.41) is 10.1. The first-order valence-corrected chi connectivity index (χ1v) is 9.08. The van der Waals surface area contributed by atoms with Crippen LogP contribution in [0.25, 0.3) is 10.1 Å². The van der Waals surface area contributed by atoms with Gasteiger partial charge < -0.3 is 4.57 Å². The molecule has 0 unspecified atom stereocenters. The molecule has 4 rings (SSSR count). The Morgan fingerprint density at radius 2 is 2.23 bits per heavy atom. The van der Waals surface area contributed by atoms with Crippen LogP contribution in [0, 0.1) is 6.92 Å². The summed E-state index contributed by atoms with van der Waals surface area (Å²) < 4.78 is 3.27. The fraction of sp³-hybridized carbons (Fsp3) is 0.312. The molecule has 6 heteroatoms.